The summed E-state index contributed by atoms with van der Waals surface area (Å²) in [6.07, 6.45) is 0. The third-order valence-corrected chi connectivity index (χ3v) is 3.32. The van der Waals surface area contributed by atoms with E-state index in [-0.39, 0.29) is 5.91 Å². The monoisotopic (exact) mass is 343 g/mol. The van der Waals surface area contributed by atoms with Crippen LogP contribution in [0.3, 0.4) is 0 Å². The van der Waals surface area contributed by atoms with Gasteiger partial charge in [0.1, 0.15) is 5.38 Å². The van der Waals surface area contributed by atoms with Crippen LogP contribution < -0.4 is 5.32 Å². The summed E-state index contributed by atoms with van der Waals surface area (Å²) in [5.74, 6) is -0.232. The molecule has 76 valence electrons. The number of rotatable bonds is 2. The highest BCUT2D eigenvalue weighted by Gasteiger charge is 2.09. The number of carbonyl (C=O) groups is 1. The van der Waals surface area contributed by atoms with Crippen LogP contribution in [-0.2, 0) is 4.79 Å². The molecule has 0 aromatic heterocycles. The lowest BCUT2D eigenvalue weighted by molar-refractivity contribution is -0.115. The normalized spacial score (nSPS) is 12.3. The van der Waals surface area contributed by atoms with Gasteiger partial charge in [-0.1, -0.05) is 11.6 Å². The zero-order valence-corrected chi connectivity index (χ0v) is 11.0. The molecule has 1 amide bonds. The van der Waals surface area contributed by atoms with E-state index in [1.807, 2.05) is 6.07 Å². The largest absolute Gasteiger partial charge is 0.325 e. The Bertz CT molecular complexity index is 355. The predicted octanol–water partition coefficient (Wildman–Crippen LogP) is 3.51. The highest BCUT2D eigenvalue weighted by molar-refractivity contribution is 14.1. The van der Waals surface area contributed by atoms with Crippen LogP contribution in [0.5, 0.6) is 0 Å². The van der Waals surface area contributed by atoms with Crippen LogP contribution in [0.2, 0.25) is 5.02 Å². The van der Waals surface area contributed by atoms with E-state index >= 15 is 0 Å². The van der Waals surface area contributed by atoms with Crippen molar-refractivity contribution in [2.24, 2.45) is 0 Å². The van der Waals surface area contributed by atoms with Crippen LogP contribution in [-0.4, -0.2) is 11.3 Å². The van der Waals surface area contributed by atoms with Crippen molar-refractivity contribution in [1.29, 1.82) is 0 Å². The molecule has 1 N–H and O–H groups in total. The Morgan fingerprint density at radius 2 is 2.21 bits per heavy atom. The molecule has 1 atom stereocenters. The highest BCUT2D eigenvalue weighted by atomic mass is 127. The van der Waals surface area contributed by atoms with Gasteiger partial charge in [0.05, 0.1) is 5.02 Å². The first kappa shape index (κ1) is 12.1. The highest BCUT2D eigenvalue weighted by Crippen LogP contribution is 2.22. The van der Waals surface area contributed by atoms with Crippen molar-refractivity contribution in [2.75, 3.05) is 5.32 Å². The van der Waals surface area contributed by atoms with E-state index in [0.717, 1.165) is 3.57 Å². The van der Waals surface area contributed by atoms with Crippen LogP contribution in [0.25, 0.3) is 0 Å². The molecule has 0 bridgehead atoms. The Morgan fingerprint density at radius 1 is 1.57 bits per heavy atom. The maximum Gasteiger partial charge on any atom is 0.242 e. The van der Waals surface area contributed by atoms with Gasteiger partial charge < -0.3 is 5.32 Å². The van der Waals surface area contributed by atoms with Crippen molar-refractivity contribution < 1.29 is 4.79 Å². The Labute approximate surface area is 106 Å². The molecule has 0 spiro atoms. The third-order valence-electron chi connectivity index (χ3n) is 1.55. The second-order valence-electron chi connectivity index (χ2n) is 2.73. The summed E-state index contributed by atoms with van der Waals surface area (Å²) in [4.78, 5) is 11.2. The van der Waals surface area contributed by atoms with E-state index in [1.54, 1.807) is 19.1 Å². The number of hydrogen-bond donors (Lipinski definition) is 1. The molecule has 0 aliphatic carbocycles. The molecular weight excluding hydrogens is 336 g/mol. The Kier molecular flexibility index (Phi) is 4.47. The zero-order valence-electron chi connectivity index (χ0n) is 7.35. The van der Waals surface area contributed by atoms with Crippen molar-refractivity contribution in [2.45, 2.75) is 12.3 Å². The van der Waals surface area contributed by atoms with Crippen molar-refractivity contribution in [1.82, 2.24) is 0 Å². The second-order valence-corrected chi connectivity index (χ2v) is 4.96. The number of anilines is 1. The van der Waals surface area contributed by atoms with Gasteiger partial charge in [0.25, 0.3) is 0 Å². The zero-order chi connectivity index (χ0) is 10.7. The van der Waals surface area contributed by atoms with Gasteiger partial charge in [-0.2, -0.15) is 0 Å². The van der Waals surface area contributed by atoms with Crippen LogP contribution in [0, 0.1) is 3.57 Å². The number of alkyl halides is 1. The number of benzene rings is 1. The summed E-state index contributed by atoms with van der Waals surface area (Å²) >= 11 is 13.6. The van der Waals surface area contributed by atoms with E-state index in [2.05, 4.69) is 27.9 Å². The minimum atomic E-state index is -0.548. The van der Waals surface area contributed by atoms with Crippen LogP contribution in [0.1, 0.15) is 6.92 Å². The molecule has 0 fully saturated rings. The van der Waals surface area contributed by atoms with E-state index in [9.17, 15) is 4.79 Å². The fraction of sp³-hybridized carbons (Fsp3) is 0.222. The summed E-state index contributed by atoms with van der Waals surface area (Å²) in [6, 6.07) is 5.31. The molecule has 1 rings (SSSR count). The van der Waals surface area contributed by atoms with E-state index in [1.165, 1.54) is 0 Å². The molecule has 0 aliphatic rings. The molecule has 5 heteroatoms. The summed E-state index contributed by atoms with van der Waals surface area (Å²) in [5.41, 5.74) is 0.660. The quantitative estimate of drug-likeness (QED) is 0.646. The van der Waals surface area contributed by atoms with Crippen LogP contribution in [0.15, 0.2) is 18.2 Å². The van der Waals surface area contributed by atoms with Gasteiger partial charge in [0.15, 0.2) is 0 Å². The van der Waals surface area contributed by atoms with Gasteiger partial charge in [-0.05, 0) is 47.7 Å². The Hall–Kier alpha value is -0.0000000000000000555. The summed E-state index contributed by atoms with van der Waals surface area (Å²) in [7, 11) is 0. The standard InChI is InChI=1S/C9H8Cl2INO/c1-5(10)9(14)13-6-2-3-8(12)7(11)4-6/h2-5H,1H3,(H,13,14). The molecular formula is C9H8Cl2INO. The van der Waals surface area contributed by atoms with Gasteiger partial charge in [0.2, 0.25) is 5.91 Å². The van der Waals surface area contributed by atoms with Gasteiger partial charge in [-0.3, -0.25) is 4.79 Å². The van der Waals surface area contributed by atoms with Crippen molar-refractivity contribution >= 4 is 57.4 Å². The van der Waals surface area contributed by atoms with Crippen LogP contribution >= 0.6 is 45.8 Å². The average Bonchev–Trinajstić information content (AvgIpc) is 2.11. The number of amides is 1. The first-order valence-corrected chi connectivity index (χ1v) is 5.80. The molecule has 0 aliphatic heterocycles. The average molecular weight is 344 g/mol. The van der Waals surface area contributed by atoms with Crippen molar-refractivity contribution in [3.8, 4) is 0 Å². The maximum atomic E-state index is 11.2. The van der Waals surface area contributed by atoms with E-state index in [0.29, 0.717) is 10.7 Å². The molecule has 0 heterocycles. The Balaban J connectivity index is 2.78. The first-order chi connectivity index (χ1) is 6.50. The number of carbonyl (C=O) groups excluding carboxylic acids is 1. The number of hydrogen-bond acceptors (Lipinski definition) is 1. The molecule has 2 nitrogen and oxygen atoms in total. The molecule has 0 saturated heterocycles. The fourth-order valence-electron chi connectivity index (χ4n) is 0.816. The molecule has 1 unspecified atom stereocenters. The van der Waals surface area contributed by atoms with Crippen molar-refractivity contribution in [3.63, 3.8) is 0 Å². The topological polar surface area (TPSA) is 29.1 Å². The molecule has 1 aromatic rings. The summed E-state index contributed by atoms with van der Waals surface area (Å²) in [6.45, 7) is 1.62. The molecule has 0 saturated carbocycles. The van der Waals surface area contributed by atoms with Gasteiger partial charge in [0, 0.05) is 9.26 Å². The minimum absolute atomic E-state index is 0.232. The SMILES string of the molecule is CC(Cl)C(=O)Nc1ccc(I)c(Cl)c1. The van der Waals surface area contributed by atoms with Crippen molar-refractivity contribution in [3.05, 3.63) is 26.8 Å². The third kappa shape index (κ3) is 3.29. The predicted molar refractivity (Wildman–Crippen MR) is 68.1 cm³/mol. The van der Waals surface area contributed by atoms with E-state index in [4.69, 9.17) is 23.2 Å². The van der Waals surface area contributed by atoms with E-state index < -0.39 is 5.38 Å². The molecule has 1 aromatic carbocycles. The maximum absolute atomic E-state index is 11.2. The lowest BCUT2D eigenvalue weighted by Gasteiger charge is -2.07. The van der Waals surface area contributed by atoms with Gasteiger partial charge in [-0.25, -0.2) is 0 Å². The smallest absolute Gasteiger partial charge is 0.242 e. The van der Waals surface area contributed by atoms with Gasteiger partial charge in [-0.15, -0.1) is 11.6 Å². The molecule has 0 radical (unpaired) electrons. The molecule has 14 heavy (non-hydrogen) atoms. The lowest BCUT2D eigenvalue weighted by Crippen LogP contribution is -2.20. The number of nitrogens with one attached hydrogen (secondary N) is 1. The second kappa shape index (κ2) is 5.19. The van der Waals surface area contributed by atoms with Crippen LogP contribution in [0.4, 0.5) is 5.69 Å². The van der Waals surface area contributed by atoms with Gasteiger partial charge >= 0.3 is 0 Å². The lowest BCUT2D eigenvalue weighted by atomic mass is 10.3. The summed E-state index contributed by atoms with van der Waals surface area (Å²) < 4.78 is 0.946. The fourth-order valence-corrected chi connectivity index (χ4v) is 1.39. The summed E-state index contributed by atoms with van der Waals surface area (Å²) in [5, 5.41) is 2.72. The first-order valence-electron chi connectivity index (χ1n) is 3.90. The Morgan fingerprint density at radius 3 is 2.71 bits per heavy atom. The number of halogens is 3. The minimum Gasteiger partial charge on any atom is -0.325 e.